The van der Waals surface area contributed by atoms with Crippen LogP contribution in [0.3, 0.4) is 0 Å². The summed E-state index contributed by atoms with van der Waals surface area (Å²) in [5.74, 6) is -0.0725. The normalized spacial score (nSPS) is 19.9. The van der Waals surface area contributed by atoms with Crippen molar-refractivity contribution in [1.29, 1.82) is 10.8 Å². The van der Waals surface area contributed by atoms with Crippen molar-refractivity contribution in [2.24, 2.45) is 5.73 Å². The number of benzene rings is 3. The predicted molar refractivity (Wildman–Crippen MR) is 171 cm³/mol. The second-order valence-corrected chi connectivity index (χ2v) is 11.4. The van der Waals surface area contributed by atoms with Crippen LogP contribution in [0.5, 0.6) is 5.75 Å². The van der Waals surface area contributed by atoms with Gasteiger partial charge in [-0.05, 0) is 98.1 Å². The monoisotopic (exact) mass is 547 g/mol. The van der Waals surface area contributed by atoms with Crippen LogP contribution in [0.1, 0.15) is 59.9 Å². The van der Waals surface area contributed by atoms with Gasteiger partial charge in [0.2, 0.25) is 0 Å². The highest BCUT2D eigenvalue weighted by Gasteiger charge is 2.27. The molecule has 3 aromatic carbocycles. The van der Waals surface area contributed by atoms with Gasteiger partial charge in [0.25, 0.3) is 0 Å². The smallest absolute Gasteiger partial charge is 0.124 e. The van der Waals surface area contributed by atoms with E-state index in [0.29, 0.717) is 23.2 Å². The lowest BCUT2D eigenvalue weighted by Crippen LogP contribution is -2.42. The van der Waals surface area contributed by atoms with Crippen LogP contribution in [-0.4, -0.2) is 46.7 Å². The van der Waals surface area contributed by atoms with Crippen molar-refractivity contribution < 1.29 is 5.11 Å². The Morgan fingerprint density at radius 1 is 0.951 bits per heavy atom. The highest BCUT2D eigenvalue weighted by molar-refractivity contribution is 6.27. The Labute approximate surface area is 243 Å². The Bertz CT molecular complexity index is 1480. The van der Waals surface area contributed by atoms with E-state index in [1.54, 1.807) is 30.3 Å². The van der Waals surface area contributed by atoms with Gasteiger partial charge in [0.15, 0.2) is 0 Å². The van der Waals surface area contributed by atoms with Gasteiger partial charge in [0, 0.05) is 42.0 Å². The molecule has 6 nitrogen and oxygen atoms in total. The Balaban J connectivity index is 1.18. The van der Waals surface area contributed by atoms with Gasteiger partial charge in [0.1, 0.15) is 11.6 Å². The highest BCUT2D eigenvalue weighted by Crippen LogP contribution is 2.31. The molecule has 0 unspecified atom stereocenters. The number of rotatable bonds is 8. The Morgan fingerprint density at radius 3 is 2.34 bits per heavy atom. The van der Waals surface area contributed by atoms with Crippen LogP contribution < -0.4 is 11.1 Å². The van der Waals surface area contributed by atoms with Gasteiger partial charge >= 0.3 is 0 Å². The number of aromatic hydroxyl groups is 1. The van der Waals surface area contributed by atoms with E-state index in [1.165, 1.54) is 53.6 Å². The number of nitrogens with two attached hydrogens (primary N) is 1. The number of allylic oxidation sites excluding steroid dienone is 1. The molecule has 0 atom stereocenters. The van der Waals surface area contributed by atoms with Gasteiger partial charge in [-0.25, -0.2) is 0 Å². The zero-order valence-corrected chi connectivity index (χ0v) is 24.1. The summed E-state index contributed by atoms with van der Waals surface area (Å²) in [7, 11) is 0. The minimum atomic E-state index is -0.107. The summed E-state index contributed by atoms with van der Waals surface area (Å²) in [5.41, 5.74) is 14.2. The molecule has 0 bridgehead atoms. The summed E-state index contributed by atoms with van der Waals surface area (Å²) in [6.07, 6.45) is 9.82. The van der Waals surface area contributed by atoms with E-state index in [1.807, 2.05) is 12.1 Å². The van der Waals surface area contributed by atoms with E-state index in [2.05, 4.69) is 60.5 Å². The number of anilines is 1. The lowest BCUT2D eigenvalue weighted by molar-refractivity contribution is 0.167. The molecule has 1 aliphatic carbocycles. The first-order valence-corrected chi connectivity index (χ1v) is 14.6. The van der Waals surface area contributed by atoms with Gasteiger partial charge in [-0.1, -0.05) is 54.6 Å². The maximum absolute atomic E-state index is 10.1. The summed E-state index contributed by atoms with van der Waals surface area (Å²) >= 11 is 0. The first-order chi connectivity index (χ1) is 19.8. The first-order valence-electron chi connectivity index (χ1n) is 14.6. The van der Waals surface area contributed by atoms with Crippen LogP contribution in [0.25, 0.3) is 11.1 Å². The fourth-order valence-corrected chi connectivity index (χ4v) is 6.10. The molecular formula is C35H41N5O. The van der Waals surface area contributed by atoms with Gasteiger partial charge in [-0.3, -0.25) is 10.3 Å². The molecule has 1 fully saturated rings. The van der Waals surface area contributed by atoms with Gasteiger partial charge in [-0.2, -0.15) is 0 Å². The molecule has 3 aromatic rings. The van der Waals surface area contributed by atoms with Crippen LogP contribution in [-0.2, 0) is 0 Å². The summed E-state index contributed by atoms with van der Waals surface area (Å²) in [6.45, 7) is 6.44. The molecule has 5 rings (SSSR count). The van der Waals surface area contributed by atoms with Crippen molar-refractivity contribution in [3.63, 3.8) is 0 Å². The minimum Gasteiger partial charge on any atom is -0.507 e. The molecule has 2 aliphatic rings. The number of phenolic OH excluding ortho intramolecular Hbond substituents is 1. The standard InChI is InChI=1S/C35H41N5O/c1-23-6-5-8-33(24(23)2)39-28-14-16-29(17-15-28)40-20-18-26(19-21-40)25-10-12-27(13-11-25)31(35(37)38)22-32(36)30-7-3-4-9-34(30)41/h3-13,18,22,28-29,36,39,41H,14-17,19-21H2,1-2H3,(H3,37,38)/b31-22-,36-32?. The first kappa shape index (κ1) is 28.4. The number of para-hydroxylation sites is 1. The van der Waals surface area contributed by atoms with Crippen molar-refractivity contribution in [2.45, 2.75) is 58.0 Å². The average Bonchev–Trinajstić information content (AvgIpc) is 2.99. The van der Waals surface area contributed by atoms with Gasteiger partial charge < -0.3 is 21.6 Å². The van der Waals surface area contributed by atoms with E-state index in [-0.39, 0.29) is 17.3 Å². The van der Waals surface area contributed by atoms with E-state index in [0.717, 1.165) is 25.1 Å². The topological polar surface area (TPSA) is 109 Å². The third kappa shape index (κ3) is 6.60. The molecule has 1 heterocycles. The van der Waals surface area contributed by atoms with Gasteiger partial charge in [0.05, 0.1) is 5.71 Å². The molecule has 1 aliphatic heterocycles. The van der Waals surface area contributed by atoms with Crippen LogP contribution in [0, 0.1) is 24.7 Å². The molecule has 1 saturated carbocycles. The van der Waals surface area contributed by atoms with Crippen molar-refractivity contribution in [3.05, 3.63) is 107 Å². The molecule has 6 N–H and O–H groups in total. The summed E-state index contributed by atoms with van der Waals surface area (Å²) in [6, 6.07) is 22.6. The molecule has 6 heteroatoms. The number of phenols is 1. The van der Waals surface area contributed by atoms with E-state index >= 15 is 0 Å². The largest absolute Gasteiger partial charge is 0.507 e. The highest BCUT2D eigenvalue weighted by atomic mass is 16.3. The quantitative estimate of drug-likeness (QED) is 0.156. The van der Waals surface area contributed by atoms with Gasteiger partial charge in [-0.15, -0.1) is 0 Å². The second-order valence-electron chi connectivity index (χ2n) is 11.4. The maximum Gasteiger partial charge on any atom is 0.124 e. The predicted octanol–water partition coefficient (Wildman–Crippen LogP) is 6.91. The third-order valence-electron chi connectivity index (χ3n) is 8.76. The van der Waals surface area contributed by atoms with E-state index < -0.39 is 0 Å². The fourth-order valence-electron chi connectivity index (χ4n) is 6.10. The number of hydrogen-bond acceptors (Lipinski definition) is 5. The molecule has 0 saturated heterocycles. The summed E-state index contributed by atoms with van der Waals surface area (Å²) in [4.78, 5) is 2.65. The maximum atomic E-state index is 10.1. The van der Waals surface area contributed by atoms with Crippen LogP contribution in [0.15, 0.2) is 78.9 Å². The fraction of sp³-hybridized carbons (Fsp3) is 0.314. The number of aryl methyl sites for hydroxylation is 1. The number of hydrogen-bond donors (Lipinski definition) is 5. The Morgan fingerprint density at radius 2 is 1.68 bits per heavy atom. The molecule has 41 heavy (non-hydrogen) atoms. The number of nitrogens with one attached hydrogen (secondary N) is 3. The zero-order chi connectivity index (χ0) is 28.9. The lowest BCUT2D eigenvalue weighted by atomic mass is 9.88. The van der Waals surface area contributed by atoms with Crippen LogP contribution in [0.4, 0.5) is 5.69 Å². The summed E-state index contributed by atoms with van der Waals surface area (Å²) in [5, 5.41) is 30.4. The summed E-state index contributed by atoms with van der Waals surface area (Å²) < 4.78 is 0. The number of amidine groups is 1. The minimum absolute atomic E-state index is 0.0346. The Kier molecular flexibility index (Phi) is 8.70. The average molecular weight is 548 g/mol. The number of nitrogens with zero attached hydrogens (tertiary/aromatic N) is 1. The lowest BCUT2D eigenvalue weighted by Gasteiger charge is -2.39. The molecule has 0 spiro atoms. The third-order valence-corrected chi connectivity index (χ3v) is 8.76. The van der Waals surface area contributed by atoms with Crippen LogP contribution >= 0.6 is 0 Å². The molecule has 0 amide bonds. The van der Waals surface area contributed by atoms with Crippen LogP contribution in [0.2, 0.25) is 0 Å². The molecular weight excluding hydrogens is 506 g/mol. The molecule has 0 radical (unpaired) electrons. The second kappa shape index (κ2) is 12.6. The molecule has 0 aromatic heterocycles. The van der Waals surface area contributed by atoms with Crippen molar-refractivity contribution in [1.82, 2.24) is 4.90 Å². The van der Waals surface area contributed by atoms with E-state index in [9.17, 15) is 5.11 Å². The van der Waals surface area contributed by atoms with Crippen molar-refractivity contribution in [2.75, 3.05) is 18.4 Å². The van der Waals surface area contributed by atoms with Crippen molar-refractivity contribution >= 4 is 28.4 Å². The van der Waals surface area contributed by atoms with Crippen molar-refractivity contribution in [3.8, 4) is 5.75 Å². The Hall–Kier alpha value is -4.16. The van der Waals surface area contributed by atoms with E-state index in [4.69, 9.17) is 16.6 Å². The SMILES string of the molecule is Cc1cccc(NC2CCC(N3CC=C(c4ccc(/C(=C/C(=N)c5ccccc5O)C(=N)N)cc4)CC3)CC2)c1C. The molecule has 212 valence electrons. The zero-order valence-electron chi connectivity index (χ0n) is 24.1.